The number of nitrogens with zero attached hydrogens (tertiary/aromatic N) is 2. The van der Waals surface area contributed by atoms with Gasteiger partial charge in [0, 0.05) is 6.54 Å². The topological polar surface area (TPSA) is 52.2 Å². The standard InChI is InChI=1S/C12H13F4N3O/c1-19(5-9(20)12(14,15)16)6-10-17-8-4-2-3-7(13)11(8)18-10/h2-4,9,20H,5-6H2,1H3,(H,17,18). The van der Waals surface area contributed by atoms with Gasteiger partial charge >= 0.3 is 6.18 Å². The zero-order valence-electron chi connectivity index (χ0n) is 10.6. The summed E-state index contributed by atoms with van der Waals surface area (Å²) >= 11 is 0. The molecule has 0 amide bonds. The molecule has 0 fully saturated rings. The second-order valence-corrected chi connectivity index (χ2v) is 4.57. The monoisotopic (exact) mass is 291 g/mol. The summed E-state index contributed by atoms with van der Waals surface area (Å²) in [5.41, 5.74) is 0.622. The fourth-order valence-corrected chi connectivity index (χ4v) is 1.84. The first-order valence-corrected chi connectivity index (χ1v) is 5.84. The van der Waals surface area contributed by atoms with Crippen LogP contribution >= 0.6 is 0 Å². The van der Waals surface area contributed by atoms with E-state index in [1.165, 1.54) is 24.1 Å². The molecule has 0 aliphatic carbocycles. The first kappa shape index (κ1) is 14.7. The van der Waals surface area contributed by atoms with Crippen molar-refractivity contribution in [2.24, 2.45) is 0 Å². The van der Waals surface area contributed by atoms with Crippen molar-refractivity contribution in [3.8, 4) is 0 Å². The minimum atomic E-state index is -4.66. The summed E-state index contributed by atoms with van der Waals surface area (Å²) in [4.78, 5) is 8.07. The van der Waals surface area contributed by atoms with Crippen LogP contribution in [-0.2, 0) is 6.54 Å². The van der Waals surface area contributed by atoms with Gasteiger partial charge in [-0.25, -0.2) is 9.37 Å². The largest absolute Gasteiger partial charge is 0.415 e. The third-order valence-corrected chi connectivity index (χ3v) is 2.79. The quantitative estimate of drug-likeness (QED) is 0.848. The van der Waals surface area contributed by atoms with Crippen molar-refractivity contribution < 1.29 is 22.7 Å². The SMILES string of the molecule is CN(Cc1nc2c(F)cccc2[nH]1)CC(O)C(F)(F)F. The summed E-state index contributed by atoms with van der Waals surface area (Å²) < 4.78 is 50.1. The number of imidazole rings is 1. The highest BCUT2D eigenvalue weighted by molar-refractivity contribution is 5.75. The van der Waals surface area contributed by atoms with Gasteiger partial charge < -0.3 is 10.1 Å². The van der Waals surface area contributed by atoms with Gasteiger partial charge in [-0.1, -0.05) is 6.07 Å². The highest BCUT2D eigenvalue weighted by Gasteiger charge is 2.38. The Morgan fingerprint density at radius 2 is 2.10 bits per heavy atom. The molecule has 0 saturated heterocycles. The van der Waals surface area contributed by atoms with Crippen LogP contribution in [0.15, 0.2) is 18.2 Å². The lowest BCUT2D eigenvalue weighted by Gasteiger charge is -2.21. The van der Waals surface area contributed by atoms with Crippen LogP contribution in [0.3, 0.4) is 0 Å². The summed E-state index contributed by atoms with van der Waals surface area (Å²) in [6, 6.07) is 4.39. The number of fused-ring (bicyclic) bond motifs is 1. The number of halogens is 4. The van der Waals surface area contributed by atoms with E-state index < -0.39 is 24.6 Å². The summed E-state index contributed by atoms with van der Waals surface area (Å²) in [5.74, 6) is -0.162. The number of alkyl halides is 3. The van der Waals surface area contributed by atoms with Crippen molar-refractivity contribution in [2.75, 3.05) is 13.6 Å². The number of hydrogen-bond acceptors (Lipinski definition) is 3. The number of hydrogen-bond donors (Lipinski definition) is 2. The maximum Gasteiger partial charge on any atom is 0.415 e. The van der Waals surface area contributed by atoms with E-state index >= 15 is 0 Å². The predicted octanol–water partition coefficient (Wildman–Crippen LogP) is 2.06. The van der Waals surface area contributed by atoms with Gasteiger partial charge in [0.1, 0.15) is 11.3 Å². The Kier molecular flexibility index (Phi) is 3.96. The minimum Gasteiger partial charge on any atom is -0.382 e. The van der Waals surface area contributed by atoms with Crippen LogP contribution < -0.4 is 0 Å². The Morgan fingerprint density at radius 1 is 1.40 bits per heavy atom. The van der Waals surface area contributed by atoms with E-state index in [0.717, 1.165) is 0 Å². The molecule has 8 heteroatoms. The van der Waals surface area contributed by atoms with E-state index in [-0.39, 0.29) is 12.1 Å². The molecule has 1 unspecified atom stereocenters. The molecule has 2 aromatic rings. The average molecular weight is 291 g/mol. The number of H-pyrrole nitrogens is 1. The molecule has 0 bridgehead atoms. The van der Waals surface area contributed by atoms with Crippen molar-refractivity contribution >= 4 is 11.0 Å². The maximum atomic E-state index is 13.4. The number of nitrogens with one attached hydrogen (secondary N) is 1. The molecule has 1 atom stereocenters. The fraction of sp³-hybridized carbons (Fsp3) is 0.417. The van der Waals surface area contributed by atoms with Crippen LogP contribution in [0.25, 0.3) is 11.0 Å². The average Bonchev–Trinajstić information content (AvgIpc) is 2.71. The van der Waals surface area contributed by atoms with Crippen molar-refractivity contribution in [2.45, 2.75) is 18.8 Å². The van der Waals surface area contributed by atoms with Gasteiger partial charge in [-0.15, -0.1) is 0 Å². The Morgan fingerprint density at radius 3 is 2.70 bits per heavy atom. The lowest BCUT2D eigenvalue weighted by molar-refractivity contribution is -0.207. The lowest BCUT2D eigenvalue weighted by atomic mass is 10.3. The van der Waals surface area contributed by atoms with Crippen LogP contribution in [0, 0.1) is 5.82 Å². The molecule has 2 rings (SSSR count). The van der Waals surface area contributed by atoms with Gasteiger partial charge in [-0.3, -0.25) is 4.90 Å². The highest BCUT2D eigenvalue weighted by Crippen LogP contribution is 2.21. The van der Waals surface area contributed by atoms with Crippen LogP contribution in [0.1, 0.15) is 5.82 Å². The van der Waals surface area contributed by atoms with Gasteiger partial charge in [-0.05, 0) is 19.2 Å². The van der Waals surface area contributed by atoms with Crippen molar-refractivity contribution in [3.63, 3.8) is 0 Å². The number of aromatic amines is 1. The van der Waals surface area contributed by atoms with E-state index in [9.17, 15) is 17.6 Å². The lowest BCUT2D eigenvalue weighted by Crippen LogP contribution is -2.39. The van der Waals surface area contributed by atoms with Crippen molar-refractivity contribution in [1.82, 2.24) is 14.9 Å². The third-order valence-electron chi connectivity index (χ3n) is 2.79. The first-order chi connectivity index (χ1) is 9.27. The third kappa shape index (κ3) is 3.26. The zero-order chi connectivity index (χ0) is 14.9. The van der Waals surface area contributed by atoms with Crippen LogP contribution in [0.5, 0.6) is 0 Å². The smallest absolute Gasteiger partial charge is 0.382 e. The second kappa shape index (κ2) is 5.37. The minimum absolute atomic E-state index is 0.0429. The normalized spacial score (nSPS) is 14.2. The Balaban J connectivity index is 2.06. The van der Waals surface area contributed by atoms with Crippen LogP contribution in [0.2, 0.25) is 0 Å². The van der Waals surface area contributed by atoms with Gasteiger partial charge in [0.25, 0.3) is 0 Å². The van der Waals surface area contributed by atoms with Gasteiger partial charge in [-0.2, -0.15) is 13.2 Å². The molecular weight excluding hydrogens is 278 g/mol. The highest BCUT2D eigenvalue weighted by atomic mass is 19.4. The van der Waals surface area contributed by atoms with E-state index in [1.54, 1.807) is 6.07 Å². The number of rotatable bonds is 4. The summed E-state index contributed by atoms with van der Waals surface area (Å²) in [5, 5.41) is 8.96. The molecule has 4 nitrogen and oxygen atoms in total. The molecule has 110 valence electrons. The number of benzene rings is 1. The van der Waals surface area contributed by atoms with E-state index in [2.05, 4.69) is 9.97 Å². The van der Waals surface area contributed by atoms with Crippen LogP contribution in [0.4, 0.5) is 17.6 Å². The van der Waals surface area contributed by atoms with Gasteiger partial charge in [0.05, 0.1) is 12.1 Å². The zero-order valence-corrected chi connectivity index (χ0v) is 10.6. The molecule has 20 heavy (non-hydrogen) atoms. The fourth-order valence-electron chi connectivity index (χ4n) is 1.84. The number of para-hydroxylation sites is 1. The number of aromatic nitrogens is 2. The number of aliphatic hydroxyl groups excluding tert-OH is 1. The molecule has 0 aliphatic heterocycles. The Hall–Kier alpha value is -1.67. The first-order valence-electron chi connectivity index (χ1n) is 5.84. The number of likely N-dealkylation sites (N-methyl/N-ethyl adjacent to an activating group) is 1. The van der Waals surface area contributed by atoms with Crippen molar-refractivity contribution in [3.05, 3.63) is 29.8 Å². The molecule has 1 heterocycles. The molecule has 0 aliphatic rings. The van der Waals surface area contributed by atoms with Crippen molar-refractivity contribution in [1.29, 1.82) is 0 Å². The Bertz CT molecular complexity index is 596. The molecule has 2 N–H and O–H groups in total. The summed E-state index contributed by atoms with van der Waals surface area (Å²) in [6.45, 7) is -0.537. The summed E-state index contributed by atoms with van der Waals surface area (Å²) in [7, 11) is 1.42. The van der Waals surface area contributed by atoms with Gasteiger partial charge in [0.15, 0.2) is 11.9 Å². The molecule has 0 spiro atoms. The van der Waals surface area contributed by atoms with E-state index in [1.807, 2.05) is 0 Å². The second-order valence-electron chi connectivity index (χ2n) is 4.57. The molecule has 1 aromatic heterocycles. The van der Waals surface area contributed by atoms with E-state index in [4.69, 9.17) is 5.11 Å². The molecule has 1 aromatic carbocycles. The predicted molar refractivity (Wildman–Crippen MR) is 64.4 cm³/mol. The Labute approximate surface area is 112 Å². The maximum absolute atomic E-state index is 13.4. The molecular formula is C12H13F4N3O. The van der Waals surface area contributed by atoms with Crippen LogP contribution in [-0.4, -0.2) is 45.8 Å². The number of aliphatic hydroxyl groups is 1. The summed E-state index contributed by atoms with van der Waals surface area (Å²) in [6.07, 6.45) is -7.08. The van der Waals surface area contributed by atoms with Gasteiger partial charge in [0.2, 0.25) is 0 Å². The molecule has 0 radical (unpaired) electrons. The van der Waals surface area contributed by atoms with E-state index in [0.29, 0.717) is 11.3 Å². The molecule has 0 saturated carbocycles.